The van der Waals surface area contributed by atoms with Gasteiger partial charge in [-0.3, -0.25) is 0 Å². The van der Waals surface area contributed by atoms with Crippen molar-refractivity contribution >= 4 is 9.76 Å². The Kier molecular flexibility index (Phi) is 4.15. The van der Waals surface area contributed by atoms with Crippen molar-refractivity contribution in [3.05, 3.63) is 0 Å². The van der Waals surface area contributed by atoms with E-state index in [4.69, 9.17) is 4.43 Å². The summed E-state index contributed by atoms with van der Waals surface area (Å²) in [5.74, 6) is 0. The monoisotopic (exact) mass is 144 g/mol. The molecule has 0 atom stereocenters. The SMILES string of the molecule is CCC(C)(CC)[Si]OC. The second-order valence-electron chi connectivity index (χ2n) is 2.57. The van der Waals surface area contributed by atoms with Crippen LogP contribution in [0.5, 0.6) is 0 Å². The molecule has 0 aliphatic rings. The van der Waals surface area contributed by atoms with Gasteiger partial charge >= 0.3 is 0 Å². The van der Waals surface area contributed by atoms with E-state index in [9.17, 15) is 0 Å². The van der Waals surface area contributed by atoms with Crippen LogP contribution in [-0.2, 0) is 4.43 Å². The first-order valence-electron chi connectivity index (χ1n) is 3.48. The van der Waals surface area contributed by atoms with Crippen LogP contribution in [-0.4, -0.2) is 16.9 Å². The fourth-order valence-corrected chi connectivity index (χ4v) is 1.42. The zero-order valence-corrected chi connectivity index (χ0v) is 7.82. The summed E-state index contributed by atoms with van der Waals surface area (Å²) in [6, 6.07) is 0. The molecule has 0 bridgehead atoms. The van der Waals surface area contributed by atoms with E-state index in [1.807, 2.05) is 0 Å². The third kappa shape index (κ3) is 3.01. The Morgan fingerprint density at radius 1 is 1.33 bits per heavy atom. The van der Waals surface area contributed by atoms with Gasteiger partial charge in [-0.1, -0.05) is 33.6 Å². The predicted octanol–water partition coefficient (Wildman–Crippen LogP) is 2.25. The minimum atomic E-state index is 0.439. The highest BCUT2D eigenvalue weighted by atomic mass is 28.2. The molecule has 9 heavy (non-hydrogen) atoms. The van der Waals surface area contributed by atoms with Crippen LogP contribution in [0.15, 0.2) is 0 Å². The summed E-state index contributed by atoms with van der Waals surface area (Å²) in [7, 11) is 2.44. The van der Waals surface area contributed by atoms with Crippen LogP contribution in [0.25, 0.3) is 0 Å². The fourth-order valence-electron chi connectivity index (χ4n) is 0.641. The number of hydrogen-bond acceptors (Lipinski definition) is 1. The summed E-state index contributed by atoms with van der Waals surface area (Å²) in [5.41, 5.74) is 0. The Morgan fingerprint density at radius 2 is 1.78 bits per heavy atom. The van der Waals surface area contributed by atoms with Crippen LogP contribution in [0.3, 0.4) is 0 Å². The molecule has 0 rings (SSSR count). The zero-order chi connectivity index (χ0) is 7.33. The van der Waals surface area contributed by atoms with Crippen molar-refractivity contribution in [1.82, 2.24) is 0 Å². The molecule has 0 aliphatic carbocycles. The third-order valence-corrected chi connectivity index (χ3v) is 3.31. The third-order valence-electron chi connectivity index (χ3n) is 1.91. The highest BCUT2D eigenvalue weighted by Gasteiger charge is 2.20. The van der Waals surface area contributed by atoms with Crippen molar-refractivity contribution in [2.24, 2.45) is 0 Å². The Morgan fingerprint density at radius 3 is 1.89 bits per heavy atom. The Balaban J connectivity index is 3.62. The average Bonchev–Trinajstić information content (AvgIpc) is 1.89. The Labute approximate surface area is 60.7 Å². The summed E-state index contributed by atoms with van der Waals surface area (Å²) in [6.07, 6.45) is 2.44. The summed E-state index contributed by atoms with van der Waals surface area (Å²) in [5, 5.41) is 0.439. The molecule has 0 saturated carbocycles. The van der Waals surface area contributed by atoms with Gasteiger partial charge in [0, 0.05) is 7.11 Å². The molecule has 0 amide bonds. The lowest BCUT2D eigenvalue weighted by molar-refractivity contribution is 0.392. The number of hydrogen-bond donors (Lipinski definition) is 0. The van der Waals surface area contributed by atoms with Crippen molar-refractivity contribution in [2.75, 3.05) is 7.11 Å². The second-order valence-corrected chi connectivity index (χ2v) is 4.39. The van der Waals surface area contributed by atoms with Gasteiger partial charge in [0.25, 0.3) is 0 Å². The van der Waals surface area contributed by atoms with Gasteiger partial charge in [-0.25, -0.2) is 0 Å². The van der Waals surface area contributed by atoms with Crippen LogP contribution in [0.2, 0.25) is 5.04 Å². The van der Waals surface area contributed by atoms with E-state index in [2.05, 4.69) is 20.8 Å². The Hall–Kier alpha value is 0.177. The van der Waals surface area contributed by atoms with E-state index in [0.717, 1.165) is 0 Å². The van der Waals surface area contributed by atoms with Gasteiger partial charge in [0.05, 0.1) is 0 Å². The first kappa shape index (κ1) is 9.18. The van der Waals surface area contributed by atoms with Crippen LogP contribution in [0.1, 0.15) is 33.6 Å². The molecule has 0 aromatic heterocycles. The van der Waals surface area contributed by atoms with Gasteiger partial charge in [-0.05, 0) is 5.04 Å². The molecule has 2 heteroatoms. The molecule has 0 N–H and O–H groups in total. The molecule has 54 valence electrons. The van der Waals surface area contributed by atoms with Gasteiger partial charge in [-0.15, -0.1) is 0 Å². The van der Waals surface area contributed by atoms with Gasteiger partial charge in [0.2, 0.25) is 9.76 Å². The molecule has 0 spiro atoms. The summed E-state index contributed by atoms with van der Waals surface area (Å²) in [6.45, 7) is 6.71. The predicted molar refractivity (Wildman–Crippen MR) is 41.7 cm³/mol. The minimum Gasteiger partial charge on any atom is -0.420 e. The van der Waals surface area contributed by atoms with E-state index >= 15 is 0 Å². The molecule has 1 nitrogen and oxygen atoms in total. The molecule has 0 aromatic rings. The lowest BCUT2D eigenvalue weighted by Crippen LogP contribution is -2.16. The average molecular weight is 144 g/mol. The van der Waals surface area contributed by atoms with Gasteiger partial charge < -0.3 is 4.43 Å². The maximum absolute atomic E-state index is 5.12. The maximum atomic E-state index is 5.12. The van der Waals surface area contributed by atoms with Gasteiger partial charge in [-0.2, -0.15) is 0 Å². The van der Waals surface area contributed by atoms with Crippen LogP contribution in [0, 0.1) is 0 Å². The first-order valence-corrected chi connectivity index (χ1v) is 4.39. The van der Waals surface area contributed by atoms with E-state index in [1.54, 1.807) is 7.11 Å². The van der Waals surface area contributed by atoms with Crippen molar-refractivity contribution in [3.63, 3.8) is 0 Å². The van der Waals surface area contributed by atoms with Gasteiger partial charge in [0.15, 0.2) is 0 Å². The largest absolute Gasteiger partial charge is 0.420 e. The molecule has 2 radical (unpaired) electrons. The molecular formula is C7H16OSi. The lowest BCUT2D eigenvalue weighted by atomic mass is 10.1. The normalized spacial score (nSPS) is 12.0. The highest BCUT2D eigenvalue weighted by Crippen LogP contribution is 2.31. The Bertz CT molecular complexity index is 69.3. The smallest absolute Gasteiger partial charge is 0.235 e. The topological polar surface area (TPSA) is 9.23 Å². The summed E-state index contributed by atoms with van der Waals surface area (Å²) in [4.78, 5) is 0. The maximum Gasteiger partial charge on any atom is 0.235 e. The molecule has 0 unspecified atom stereocenters. The molecule has 0 aromatic carbocycles. The van der Waals surface area contributed by atoms with Crippen LogP contribution >= 0.6 is 0 Å². The van der Waals surface area contributed by atoms with E-state index in [-0.39, 0.29) is 0 Å². The van der Waals surface area contributed by atoms with Crippen molar-refractivity contribution in [1.29, 1.82) is 0 Å². The van der Waals surface area contributed by atoms with Crippen LogP contribution in [0.4, 0.5) is 0 Å². The fraction of sp³-hybridized carbons (Fsp3) is 1.00. The molecule has 0 aliphatic heterocycles. The quantitative estimate of drug-likeness (QED) is 0.550. The lowest BCUT2D eigenvalue weighted by Gasteiger charge is -2.22. The zero-order valence-electron chi connectivity index (χ0n) is 6.82. The van der Waals surface area contributed by atoms with E-state index < -0.39 is 0 Å². The second kappa shape index (κ2) is 4.07. The highest BCUT2D eigenvalue weighted by molar-refractivity contribution is 6.31. The van der Waals surface area contributed by atoms with Crippen molar-refractivity contribution in [3.8, 4) is 0 Å². The van der Waals surface area contributed by atoms with Gasteiger partial charge in [0.1, 0.15) is 0 Å². The molecular weight excluding hydrogens is 128 g/mol. The van der Waals surface area contributed by atoms with Crippen LogP contribution < -0.4 is 0 Å². The van der Waals surface area contributed by atoms with E-state index in [1.165, 1.54) is 12.8 Å². The summed E-state index contributed by atoms with van der Waals surface area (Å²) >= 11 is 0. The standard InChI is InChI=1S/C7H16OSi/c1-5-7(3,6-2)9-8-4/h5-6H2,1-4H3. The molecule has 0 fully saturated rings. The molecule has 0 heterocycles. The van der Waals surface area contributed by atoms with E-state index in [0.29, 0.717) is 14.8 Å². The van der Waals surface area contributed by atoms with Crippen molar-refractivity contribution < 1.29 is 4.43 Å². The number of rotatable bonds is 4. The minimum absolute atomic E-state index is 0.439. The van der Waals surface area contributed by atoms with Crippen molar-refractivity contribution in [2.45, 2.75) is 38.7 Å². The molecule has 0 saturated heterocycles. The summed E-state index contributed by atoms with van der Waals surface area (Å²) < 4.78 is 5.12. The first-order chi connectivity index (χ1) is 4.18.